The van der Waals surface area contributed by atoms with Gasteiger partial charge in [0.1, 0.15) is 0 Å². The van der Waals surface area contributed by atoms with Gasteiger partial charge in [0, 0.05) is 6.42 Å². The van der Waals surface area contributed by atoms with Crippen molar-refractivity contribution in [1.82, 2.24) is 5.06 Å². The molecule has 1 unspecified atom stereocenters. The van der Waals surface area contributed by atoms with Crippen LogP contribution in [0.4, 0.5) is 13.2 Å². The van der Waals surface area contributed by atoms with E-state index in [9.17, 15) is 22.8 Å². The number of nitrogens with zero attached hydrogens (tertiary/aromatic N) is 1. The summed E-state index contributed by atoms with van der Waals surface area (Å²) in [5.41, 5.74) is -1.67. The summed E-state index contributed by atoms with van der Waals surface area (Å²) in [6, 6.07) is 3.74. The van der Waals surface area contributed by atoms with E-state index in [-0.39, 0.29) is 17.9 Å². The third-order valence-electron chi connectivity index (χ3n) is 4.77. The van der Waals surface area contributed by atoms with Crippen LogP contribution in [0.2, 0.25) is 0 Å². The first kappa shape index (κ1) is 25.0. The van der Waals surface area contributed by atoms with Crippen molar-refractivity contribution in [2.45, 2.75) is 84.9 Å². The number of amides is 1. The van der Waals surface area contributed by atoms with Crippen molar-refractivity contribution < 1.29 is 27.6 Å². The number of hydroxylamine groups is 2. The summed E-state index contributed by atoms with van der Waals surface area (Å²) in [7, 11) is 0. The van der Waals surface area contributed by atoms with E-state index in [4.69, 9.17) is 4.84 Å². The second-order valence-electron chi connectivity index (χ2n) is 8.27. The van der Waals surface area contributed by atoms with Gasteiger partial charge in [0.05, 0.1) is 16.7 Å². The van der Waals surface area contributed by atoms with E-state index >= 15 is 0 Å². The molecule has 0 saturated heterocycles. The smallest absolute Gasteiger partial charge is 0.332 e. The molecule has 0 spiro atoms. The molecule has 164 valence electrons. The second kappa shape index (κ2) is 10.6. The van der Waals surface area contributed by atoms with Gasteiger partial charge in [-0.25, -0.2) is 4.79 Å². The lowest BCUT2D eigenvalue weighted by Gasteiger charge is -2.33. The summed E-state index contributed by atoms with van der Waals surface area (Å²) in [5, 5.41) is 1.04. The molecule has 0 radical (unpaired) electrons. The van der Waals surface area contributed by atoms with Gasteiger partial charge in [-0.05, 0) is 57.4 Å². The third kappa shape index (κ3) is 8.07. The maximum Gasteiger partial charge on any atom is 0.416 e. The Kier molecular flexibility index (Phi) is 9.17. The Hall–Kier alpha value is -2.05. The molecule has 0 N–H and O–H groups in total. The van der Waals surface area contributed by atoms with Gasteiger partial charge in [0.2, 0.25) is 0 Å². The lowest BCUT2D eigenvalue weighted by Crippen LogP contribution is -2.46. The van der Waals surface area contributed by atoms with Crippen molar-refractivity contribution in [3.05, 3.63) is 35.4 Å². The fraction of sp³-hybridized carbons (Fsp3) is 0.636. The maximum absolute atomic E-state index is 12.7. The van der Waals surface area contributed by atoms with E-state index in [1.807, 2.05) is 0 Å². The summed E-state index contributed by atoms with van der Waals surface area (Å²) in [5.74, 6) is -0.737. The van der Waals surface area contributed by atoms with E-state index in [1.165, 1.54) is 0 Å². The van der Waals surface area contributed by atoms with Crippen LogP contribution in [0.5, 0.6) is 0 Å². The Labute approximate surface area is 171 Å². The largest absolute Gasteiger partial charge is 0.416 e. The molecule has 0 aliphatic carbocycles. The van der Waals surface area contributed by atoms with Gasteiger partial charge in [-0.2, -0.15) is 18.2 Å². The summed E-state index contributed by atoms with van der Waals surface area (Å²) in [6.45, 7) is 9.43. The zero-order valence-corrected chi connectivity index (χ0v) is 17.9. The Morgan fingerprint density at radius 3 is 2.07 bits per heavy atom. The lowest BCUT2D eigenvalue weighted by atomic mass is 9.94. The Bertz CT molecular complexity index is 663. The lowest BCUT2D eigenvalue weighted by molar-refractivity contribution is -0.189. The van der Waals surface area contributed by atoms with Crippen molar-refractivity contribution >= 4 is 11.9 Å². The van der Waals surface area contributed by atoms with Crippen LogP contribution in [-0.4, -0.2) is 22.5 Å². The molecule has 0 aliphatic heterocycles. The summed E-state index contributed by atoms with van der Waals surface area (Å²) >= 11 is 0. The SMILES string of the molecule is CCCCC(CC)CCC(=O)N(OC(=O)c1ccc(C(F)(F)F)cc1)C(C)(C)C. The van der Waals surface area contributed by atoms with Crippen LogP contribution in [0.1, 0.15) is 89.1 Å². The number of carbonyl (C=O) groups is 2. The zero-order chi connectivity index (χ0) is 22.2. The topological polar surface area (TPSA) is 46.6 Å². The van der Waals surface area contributed by atoms with Gasteiger partial charge >= 0.3 is 12.1 Å². The predicted molar refractivity (Wildman–Crippen MR) is 106 cm³/mol. The molecular weight excluding hydrogens is 383 g/mol. The number of benzene rings is 1. The first-order valence-electron chi connectivity index (χ1n) is 10.1. The molecule has 1 aromatic rings. The molecule has 0 aliphatic rings. The number of hydrogen-bond donors (Lipinski definition) is 0. The van der Waals surface area contributed by atoms with Gasteiger partial charge in [0.25, 0.3) is 5.91 Å². The van der Waals surface area contributed by atoms with Crippen LogP contribution in [0.15, 0.2) is 24.3 Å². The molecule has 1 aromatic carbocycles. The van der Waals surface area contributed by atoms with Crippen molar-refractivity contribution in [3.8, 4) is 0 Å². The van der Waals surface area contributed by atoms with Gasteiger partial charge in [-0.1, -0.05) is 39.5 Å². The Morgan fingerprint density at radius 1 is 1.03 bits per heavy atom. The number of hydrogen-bond acceptors (Lipinski definition) is 3. The average Bonchev–Trinajstić information content (AvgIpc) is 2.64. The van der Waals surface area contributed by atoms with Crippen molar-refractivity contribution in [2.24, 2.45) is 5.92 Å². The molecular formula is C22H32F3NO3. The van der Waals surface area contributed by atoms with Gasteiger partial charge in [-0.3, -0.25) is 4.79 Å². The quantitative estimate of drug-likeness (QED) is 0.462. The van der Waals surface area contributed by atoms with Crippen molar-refractivity contribution in [3.63, 3.8) is 0 Å². The number of carbonyl (C=O) groups excluding carboxylic acids is 2. The van der Waals surface area contributed by atoms with Gasteiger partial charge in [-0.15, -0.1) is 0 Å². The Balaban J connectivity index is 2.83. The summed E-state index contributed by atoms with van der Waals surface area (Å²) in [6.07, 6.45) is 0.722. The van der Waals surface area contributed by atoms with Crippen LogP contribution in [0, 0.1) is 5.92 Å². The minimum absolute atomic E-state index is 0.0468. The molecule has 29 heavy (non-hydrogen) atoms. The van der Waals surface area contributed by atoms with Crippen LogP contribution >= 0.6 is 0 Å². The zero-order valence-electron chi connectivity index (χ0n) is 17.9. The number of halogens is 3. The average molecular weight is 415 g/mol. The molecule has 0 bridgehead atoms. The van der Waals surface area contributed by atoms with E-state index in [0.717, 1.165) is 55.0 Å². The van der Waals surface area contributed by atoms with Crippen LogP contribution in [0.3, 0.4) is 0 Å². The highest BCUT2D eigenvalue weighted by Crippen LogP contribution is 2.29. The minimum atomic E-state index is -4.48. The highest BCUT2D eigenvalue weighted by atomic mass is 19.4. The summed E-state index contributed by atoms with van der Waals surface area (Å²) < 4.78 is 38.0. The van der Waals surface area contributed by atoms with Crippen molar-refractivity contribution in [2.75, 3.05) is 0 Å². The fourth-order valence-corrected chi connectivity index (χ4v) is 2.97. The first-order chi connectivity index (χ1) is 13.4. The molecule has 0 fully saturated rings. The van der Waals surface area contributed by atoms with Gasteiger partial charge in [0.15, 0.2) is 0 Å². The Morgan fingerprint density at radius 2 is 1.62 bits per heavy atom. The predicted octanol–water partition coefficient (Wildman–Crippen LogP) is 6.40. The monoisotopic (exact) mass is 415 g/mol. The van der Waals surface area contributed by atoms with E-state index in [1.54, 1.807) is 20.8 Å². The standard InChI is InChI=1S/C22H32F3NO3/c1-6-8-9-16(7-2)10-15-19(27)26(21(3,4)5)29-20(28)17-11-13-18(14-12-17)22(23,24)25/h11-14,16H,6-10,15H2,1-5H3. The summed E-state index contributed by atoms with van der Waals surface area (Å²) in [4.78, 5) is 30.4. The number of alkyl halides is 3. The molecule has 1 atom stereocenters. The molecule has 0 saturated carbocycles. The fourth-order valence-electron chi connectivity index (χ4n) is 2.97. The van der Waals surface area contributed by atoms with E-state index < -0.39 is 23.2 Å². The normalized spacial score (nSPS) is 13.1. The molecule has 4 nitrogen and oxygen atoms in total. The highest BCUT2D eigenvalue weighted by Gasteiger charge is 2.33. The number of unbranched alkanes of at least 4 members (excludes halogenated alkanes) is 1. The molecule has 0 aromatic heterocycles. The van der Waals surface area contributed by atoms with Gasteiger partial charge < -0.3 is 4.84 Å². The molecule has 1 rings (SSSR count). The van der Waals surface area contributed by atoms with E-state index in [0.29, 0.717) is 12.3 Å². The number of rotatable bonds is 8. The third-order valence-corrected chi connectivity index (χ3v) is 4.77. The van der Waals surface area contributed by atoms with Crippen LogP contribution in [-0.2, 0) is 15.8 Å². The minimum Gasteiger partial charge on any atom is -0.332 e. The van der Waals surface area contributed by atoms with Crippen LogP contribution in [0.25, 0.3) is 0 Å². The van der Waals surface area contributed by atoms with E-state index in [2.05, 4.69) is 13.8 Å². The molecule has 1 amide bonds. The van der Waals surface area contributed by atoms with Crippen LogP contribution < -0.4 is 0 Å². The highest BCUT2D eigenvalue weighted by molar-refractivity contribution is 5.90. The second-order valence-corrected chi connectivity index (χ2v) is 8.27. The first-order valence-corrected chi connectivity index (χ1v) is 10.1. The van der Waals surface area contributed by atoms with Crippen molar-refractivity contribution in [1.29, 1.82) is 0 Å². The molecule has 7 heteroatoms. The molecule has 0 heterocycles. The maximum atomic E-state index is 12.7.